The molecule has 0 saturated heterocycles. The predicted octanol–water partition coefficient (Wildman–Crippen LogP) is 6.75. The van der Waals surface area contributed by atoms with Gasteiger partial charge in [-0.2, -0.15) is 18.4 Å². The van der Waals surface area contributed by atoms with Crippen molar-refractivity contribution in [3.8, 4) is 28.3 Å². The molecule has 0 aliphatic carbocycles. The lowest BCUT2D eigenvalue weighted by Gasteiger charge is -2.12. The van der Waals surface area contributed by atoms with Gasteiger partial charge in [0, 0.05) is 23.1 Å². The minimum absolute atomic E-state index is 0.321. The number of benzene rings is 3. The van der Waals surface area contributed by atoms with E-state index in [9.17, 15) is 18.0 Å². The first-order valence-corrected chi connectivity index (χ1v) is 11.9. The molecular formula is C29H21F3N6O3. The summed E-state index contributed by atoms with van der Waals surface area (Å²) in [4.78, 5) is 33.0. The highest BCUT2D eigenvalue weighted by atomic mass is 19.4. The monoisotopic (exact) mass is 558 g/mol. The quantitative estimate of drug-likeness (QED) is 0.192. The molecule has 12 heteroatoms. The van der Waals surface area contributed by atoms with E-state index < -0.39 is 12.1 Å². The van der Waals surface area contributed by atoms with Crippen LogP contribution in [0.15, 0.2) is 85.3 Å². The number of hydrogen-bond acceptors (Lipinski definition) is 5. The zero-order valence-corrected chi connectivity index (χ0v) is 21.3. The van der Waals surface area contributed by atoms with Gasteiger partial charge in [-0.1, -0.05) is 30.3 Å². The van der Waals surface area contributed by atoms with Crippen LogP contribution < -0.4 is 10.6 Å². The Morgan fingerprint density at radius 1 is 0.878 bits per heavy atom. The standard InChI is InChI=1S/C27H20N6O.C2HF3O2/c1-17-14-22(10-11-23(17)19-4-2-18(15-28)3-5-19)33-27(34)32-21-8-6-20(7-9-21)24-12-13-29-26-25(24)30-16-31-26;3-2(4,5)1(6)7/h2-14,16H,1H3,(H,29,30,31)(H2,32,33,34);(H,6,7). The van der Waals surface area contributed by atoms with E-state index in [0.29, 0.717) is 22.6 Å². The van der Waals surface area contributed by atoms with Gasteiger partial charge in [0.15, 0.2) is 5.65 Å². The number of hydrogen-bond donors (Lipinski definition) is 4. The van der Waals surface area contributed by atoms with Crippen molar-refractivity contribution in [3.63, 3.8) is 0 Å². The number of nitrogens with zero attached hydrogens (tertiary/aromatic N) is 3. The second kappa shape index (κ2) is 12.0. The van der Waals surface area contributed by atoms with Gasteiger partial charge in [-0.3, -0.25) is 0 Å². The molecule has 9 nitrogen and oxygen atoms in total. The SMILES string of the molecule is Cc1cc(NC(=O)Nc2ccc(-c3ccnc4nc[nH]c34)cc2)ccc1-c1ccc(C#N)cc1.O=C(O)C(F)(F)F. The Morgan fingerprint density at radius 3 is 2.07 bits per heavy atom. The van der Waals surface area contributed by atoms with E-state index in [1.54, 1.807) is 24.7 Å². The Morgan fingerprint density at radius 2 is 1.46 bits per heavy atom. The molecule has 0 unspecified atom stereocenters. The summed E-state index contributed by atoms with van der Waals surface area (Å²) < 4.78 is 31.7. The van der Waals surface area contributed by atoms with Crippen molar-refractivity contribution in [3.05, 3.63) is 96.4 Å². The van der Waals surface area contributed by atoms with Gasteiger partial charge in [0.25, 0.3) is 0 Å². The normalized spacial score (nSPS) is 10.7. The first kappa shape index (κ1) is 28.3. The van der Waals surface area contributed by atoms with E-state index in [0.717, 1.165) is 33.3 Å². The van der Waals surface area contributed by atoms with Crippen molar-refractivity contribution in [2.45, 2.75) is 13.1 Å². The number of aromatic nitrogens is 3. The fraction of sp³-hybridized carbons (Fsp3) is 0.0690. The van der Waals surface area contributed by atoms with Gasteiger partial charge in [0.05, 0.1) is 23.5 Å². The Balaban J connectivity index is 0.000000493. The molecule has 3 aromatic carbocycles. The van der Waals surface area contributed by atoms with Crippen LogP contribution in [0.3, 0.4) is 0 Å². The van der Waals surface area contributed by atoms with Crippen LogP contribution in [0.2, 0.25) is 0 Å². The number of aliphatic carboxylic acids is 1. The number of H-pyrrole nitrogens is 1. The third kappa shape index (κ3) is 7.04. The van der Waals surface area contributed by atoms with Crippen LogP contribution >= 0.6 is 0 Å². The minimum Gasteiger partial charge on any atom is -0.475 e. The van der Waals surface area contributed by atoms with Gasteiger partial charge >= 0.3 is 18.2 Å². The lowest BCUT2D eigenvalue weighted by molar-refractivity contribution is -0.192. The Kier molecular flexibility index (Phi) is 8.29. The fourth-order valence-corrected chi connectivity index (χ4v) is 3.91. The van der Waals surface area contributed by atoms with Crippen molar-refractivity contribution in [2.75, 3.05) is 10.6 Å². The van der Waals surface area contributed by atoms with E-state index >= 15 is 0 Å². The lowest BCUT2D eigenvalue weighted by Crippen LogP contribution is -2.21. The number of amides is 2. The third-order valence-electron chi connectivity index (χ3n) is 5.83. The first-order chi connectivity index (χ1) is 19.5. The van der Waals surface area contributed by atoms with Gasteiger partial charge < -0.3 is 20.7 Å². The highest BCUT2D eigenvalue weighted by molar-refractivity contribution is 6.00. The number of rotatable bonds is 4. The molecule has 0 spiro atoms. The molecule has 5 aromatic rings. The number of aryl methyl sites for hydroxylation is 1. The number of aromatic amines is 1. The molecule has 2 heterocycles. The number of carboxylic acid groups (broad SMARTS) is 1. The molecule has 41 heavy (non-hydrogen) atoms. The summed E-state index contributed by atoms with van der Waals surface area (Å²) in [6.07, 6.45) is -1.73. The number of anilines is 2. The zero-order valence-electron chi connectivity index (χ0n) is 21.3. The number of carbonyl (C=O) groups is 2. The van der Waals surface area contributed by atoms with Gasteiger partial charge in [0.2, 0.25) is 0 Å². The predicted molar refractivity (Wildman–Crippen MR) is 147 cm³/mol. The Hall–Kier alpha value is -5.70. The van der Waals surface area contributed by atoms with Gasteiger partial charge in [-0.15, -0.1) is 0 Å². The maximum atomic E-state index is 12.5. The van der Waals surface area contributed by atoms with Crippen molar-refractivity contribution in [2.24, 2.45) is 0 Å². The zero-order chi connectivity index (χ0) is 29.6. The Bertz CT molecular complexity index is 1740. The molecule has 0 radical (unpaired) electrons. The van der Waals surface area contributed by atoms with Crippen LogP contribution in [0, 0.1) is 18.3 Å². The van der Waals surface area contributed by atoms with Gasteiger partial charge in [0.1, 0.15) is 0 Å². The summed E-state index contributed by atoms with van der Waals surface area (Å²) in [6, 6.07) is 24.5. The number of imidazole rings is 1. The summed E-state index contributed by atoms with van der Waals surface area (Å²) in [5, 5.41) is 21.8. The summed E-state index contributed by atoms with van der Waals surface area (Å²) in [7, 11) is 0. The van der Waals surface area contributed by atoms with Crippen molar-refractivity contribution < 1.29 is 27.9 Å². The molecule has 2 aromatic heterocycles. The number of halogens is 3. The molecule has 5 rings (SSSR count). The van der Waals surface area contributed by atoms with E-state index in [1.165, 1.54) is 0 Å². The Labute approximate surface area is 231 Å². The molecular weight excluding hydrogens is 537 g/mol. The van der Waals surface area contributed by atoms with Crippen LogP contribution in [0.5, 0.6) is 0 Å². The number of alkyl halides is 3. The summed E-state index contributed by atoms with van der Waals surface area (Å²) >= 11 is 0. The highest BCUT2D eigenvalue weighted by Crippen LogP contribution is 2.28. The molecule has 2 amide bonds. The number of nitrogens with one attached hydrogen (secondary N) is 3. The molecule has 0 aliphatic rings. The third-order valence-corrected chi connectivity index (χ3v) is 5.83. The average molecular weight is 559 g/mol. The lowest BCUT2D eigenvalue weighted by atomic mass is 9.99. The van der Waals surface area contributed by atoms with E-state index in [1.807, 2.05) is 67.6 Å². The second-order valence-electron chi connectivity index (χ2n) is 8.64. The number of pyridine rings is 1. The summed E-state index contributed by atoms with van der Waals surface area (Å²) in [5.41, 5.74) is 8.63. The fourth-order valence-electron chi connectivity index (χ4n) is 3.91. The summed E-state index contributed by atoms with van der Waals surface area (Å²) in [5.74, 6) is -2.76. The number of fused-ring (bicyclic) bond motifs is 1. The molecule has 0 bridgehead atoms. The molecule has 0 atom stereocenters. The van der Waals surface area contributed by atoms with Crippen LogP contribution in [0.1, 0.15) is 11.1 Å². The number of carbonyl (C=O) groups excluding carboxylic acids is 1. The number of urea groups is 1. The van der Waals surface area contributed by atoms with Crippen LogP contribution in [-0.2, 0) is 4.79 Å². The van der Waals surface area contributed by atoms with Gasteiger partial charge in [-0.25, -0.2) is 19.6 Å². The smallest absolute Gasteiger partial charge is 0.475 e. The maximum absolute atomic E-state index is 12.5. The van der Waals surface area contributed by atoms with Crippen LogP contribution in [0.25, 0.3) is 33.4 Å². The van der Waals surface area contributed by atoms with Crippen LogP contribution in [0.4, 0.5) is 29.3 Å². The average Bonchev–Trinajstić information content (AvgIpc) is 3.43. The topological polar surface area (TPSA) is 144 Å². The molecule has 0 fully saturated rings. The first-order valence-electron chi connectivity index (χ1n) is 11.9. The maximum Gasteiger partial charge on any atom is 0.490 e. The second-order valence-corrected chi connectivity index (χ2v) is 8.64. The van der Waals surface area contributed by atoms with Crippen molar-refractivity contribution in [1.82, 2.24) is 15.0 Å². The number of nitriles is 1. The van der Waals surface area contributed by atoms with Gasteiger partial charge in [-0.05, 0) is 71.6 Å². The largest absolute Gasteiger partial charge is 0.490 e. The molecule has 206 valence electrons. The van der Waals surface area contributed by atoms with Crippen molar-refractivity contribution in [1.29, 1.82) is 5.26 Å². The van der Waals surface area contributed by atoms with E-state index in [4.69, 9.17) is 15.2 Å². The minimum atomic E-state index is -5.08. The highest BCUT2D eigenvalue weighted by Gasteiger charge is 2.38. The summed E-state index contributed by atoms with van der Waals surface area (Å²) in [6.45, 7) is 1.99. The molecule has 0 aliphatic heterocycles. The van der Waals surface area contributed by atoms with Crippen LogP contribution in [-0.4, -0.2) is 38.2 Å². The van der Waals surface area contributed by atoms with E-state index in [-0.39, 0.29) is 6.03 Å². The molecule has 4 N–H and O–H groups in total. The molecule has 0 saturated carbocycles. The van der Waals surface area contributed by atoms with E-state index in [2.05, 4.69) is 31.7 Å². The number of carboxylic acids is 1. The van der Waals surface area contributed by atoms with Crippen molar-refractivity contribution >= 4 is 34.5 Å².